The quantitative estimate of drug-likeness (QED) is 0.747. The van der Waals surface area contributed by atoms with Crippen molar-refractivity contribution in [3.05, 3.63) is 29.8 Å². The molecule has 0 aliphatic rings. The van der Waals surface area contributed by atoms with Crippen molar-refractivity contribution in [2.75, 3.05) is 13.2 Å². The standard InChI is InChI=1S/C12H17NO3/c1-3-15-11-7-5-10(6-8-11)9-12(14)13-16-4-2/h5-8H,3-4,9H2,1-2H3,(H,13,14). The average molecular weight is 223 g/mol. The largest absolute Gasteiger partial charge is 0.494 e. The summed E-state index contributed by atoms with van der Waals surface area (Å²) in [7, 11) is 0. The topological polar surface area (TPSA) is 47.6 Å². The van der Waals surface area contributed by atoms with Gasteiger partial charge in [0.1, 0.15) is 5.75 Å². The highest BCUT2D eigenvalue weighted by molar-refractivity contribution is 5.77. The van der Waals surface area contributed by atoms with Gasteiger partial charge in [0.15, 0.2) is 0 Å². The molecular weight excluding hydrogens is 206 g/mol. The van der Waals surface area contributed by atoms with Crippen LogP contribution in [0.2, 0.25) is 0 Å². The van der Waals surface area contributed by atoms with Crippen molar-refractivity contribution in [2.24, 2.45) is 0 Å². The van der Waals surface area contributed by atoms with Crippen LogP contribution in [0.15, 0.2) is 24.3 Å². The predicted molar refractivity (Wildman–Crippen MR) is 61.1 cm³/mol. The van der Waals surface area contributed by atoms with Crippen LogP contribution in [-0.2, 0) is 16.1 Å². The van der Waals surface area contributed by atoms with Crippen LogP contribution in [0, 0.1) is 0 Å². The number of amides is 1. The van der Waals surface area contributed by atoms with Crippen molar-refractivity contribution in [2.45, 2.75) is 20.3 Å². The van der Waals surface area contributed by atoms with E-state index in [1.54, 1.807) is 0 Å². The van der Waals surface area contributed by atoms with Crippen LogP contribution in [0.25, 0.3) is 0 Å². The van der Waals surface area contributed by atoms with E-state index in [9.17, 15) is 4.79 Å². The molecule has 1 rings (SSSR count). The highest BCUT2D eigenvalue weighted by atomic mass is 16.6. The molecule has 4 nitrogen and oxygen atoms in total. The summed E-state index contributed by atoms with van der Waals surface area (Å²) in [6, 6.07) is 7.45. The number of carbonyl (C=O) groups is 1. The lowest BCUT2D eigenvalue weighted by Crippen LogP contribution is -2.25. The molecule has 0 aromatic heterocycles. The molecule has 0 fully saturated rings. The molecule has 88 valence electrons. The van der Waals surface area contributed by atoms with Gasteiger partial charge in [-0.2, -0.15) is 0 Å². The van der Waals surface area contributed by atoms with Crippen molar-refractivity contribution in [3.8, 4) is 5.75 Å². The molecule has 4 heteroatoms. The Bertz CT molecular complexity index is 322. The summed E-state index contributed by atoms with van der Waals surface area (Å²) in [6.45, 7) is 4.86. The van der Waals surface area contributed by atoms with E-state index in [-0.39, 0.29) is 5.91 Å². The first-order valence-corrected chi connectivity index (χ1v) is 5.38. The molecule has 1 amide bonds. The Labute approximate surface area is 95.5 Å². The van der Waals surface area contributed by atoms with Crippen LogP contribution in [0.4, 0.5) is 0 Å². The Hall–Kier alpha value is -1.55. The molecular formula is C12H17NO3. The molecule has 0 atom stereocenters. The third-order valence-electron chi connectivity index (χ3n) is 1.93. The summed E-state index contributed by atoms with van der Waals surface area (Å²) in [5, 5.41) is 0. The van der Waals surface area contributed by atoms with Crippen molar-refractivity contribution in [3.63, 3.8) is 0 Å². The maximum absolute atomic E-state index is 11.3. The van der Waals surface area contributed by atoms with Crippen molar-refractivity contribution in [1.29, 1.82) is 0 Å². The van der Waals surface area contributed by atoms with Crippen molar-refractivity contribution in [1.82, 2.24) is 5.48 Å². The number of carbonyl (C=O) groups excluding carboxylic acids is 1. The predicted octanol–water partition coefficient (Wildman–Crippen LogP) is 1.70. The van der Waals surface area contributed by atoms with Crippen molar-refractivity contribution < 1.29 is 14.4 Å². The van der Waals surface area contributed by atoms with Crippen LogP contribution in [0.5, 0.6) is 5.75 Å². The number of nitrogens with one attached hydrogen (secondary N) is 1. The lowest BCUT2D eigenvalue weighted by molar-refractivity contribution is -0.132. The molecule has 0 aliphatic heterocycles. The van der Waals surface area contributed by atoms with Crippen LogP contribution in [0.3, 0.4) is 0 Å². The van der Waals surface area contributed by atoms with Gasteiger partial charge in [0, 0.05) is 0 Å². The fourth-order valence-electron chi connectivity index (χ4n) is 1.24. The van der Waals surface area contributed by atoms with Crippen molar-refractivity contribution >= 4 is 5.91 Å². The van der Waals surface area contributed by atoms with E-state index < -0.39 is 0 Å². The van der Waals surface area contributed by atoms with E-state index in [1.165, 1.54) is 0 Å². The second kappa shape index (κ2) is 6.85. The van der Waals surface area contributed by atoms with Gasteiger partial charge in [-0.25, -0.2) is 5.48 Å². The molecule has 0 heterocycles. The SMILES string of the molecule is CCONC(=O)Cc1ccc(OCC)cc1. The zero-order valence-corrected chi connectivity index (χ0v) is 9.66. The summed E-state index contributed by atoms with van der Waals surface area (Å²) in [4.78, 5) is 16.1. The number of benzene rings is 1. The van der Waals surface area contributed by atoms with Gasteiger partial charge in [-0.3, -0.25) is 9.63 Å². The number of hydroxylamine groups is 1. The lowest BCUT2D eigenvalue weighted by atomic mass is 10.1. The Morgan fingerprint density at radius 2 is 1.88 bits per heavy atom. The molecule has 0 aliphatic carbocycles. The van der Waals surface area contributed by atoms with Gasteiger partial charge in [-0.1, -0.05) is 12.1 Å². The Morgan fingerprint density at radius 1 is 1.19 bits per heavy atom. The average Bonchev–Trinajstić information content (AvgIpc) is 2.29. The van der Waals surface area contributed by atoms with E-state index in [0.717, 1.165) is 11.3 Å². The second-order valence-electron chi connectivity index (χ2n) is 3.21. The third-order valence-corrected chi connectivity index (χ3v) is 1.93. The summed E-state index contributed by atoms with van der Waals surface area (Å²) >= 11 is 0. The maximum atomic E-state index is 11.3. The van der Waals surface area contributed by atoms with Gasteiger partial charge in [0.25, 0.3) is 0 Å². The molecule has 0 saturated heterocycles. The first kappa shape index (κ1) is 12.5. The minimum absolute atomic E-state index is 0.147. The summed E-state index contributed by atoms with van der Waals surface area (Å²) in [5.41, 5.74) is 3.28. The van der Waals surface area contributed by atoms with E-state index in [1.807, 2.05) is 38.1 Å². The summed E-state index contributed by atoms with van der Waals surface area (Å²) in [6.07, 6.45) is 0.312. The number of hydrogen-bond donors (Lipinski definition) is 1. The second-order valence-corrected chi connectivity index (χ2v) is 3.21. The fourth-order valence-corrected chi connectivity index (χ4v) is 1.24. The lowest BCUT2D eigenvalue weighted by Gasteiger charge is -2.05. The number of hydrogen-bond acceptors (Lipinski definition) is 3. The molecule has 1 aromatic carbocycles. The monoisotopic (exact) mass is 223 g/mol. The maximum Gasteiger partial charge on any atom is 0.247 e. The van der Waals surface area contributed by atoms with Crippen LogP contribution in [-0.4, -0.2) is 19.1 Å². The smallest absolute Gasteiger partial charge is 0.247 e. The zero-order chi connectivity index (χ0) is 11.8. The molecule has 1 aromatic rings. The number of rotatable bonds is 6. The van der Waals surface area contributed by atoms with Crippen LogP contribution in [0.1, 0.15) is 19.4 Å². The Morgan fingerprint density at radius 3 is 2.44 bits per heavy atom. The first-order valence-electron chi connectivity index (χ1n) is 5.38. The van der Waals surface area contributed by atoms with E-state index in [0.29, 0.717) is 19.6 Å². The van der Waals surface area contributed by atoms with Gasteiger partial charge >= 0.3 is 0 Å². The molecule has 0 bridgehead atoms. The molecule has 0 unspecified atom stereocenters. The van der Waals surface area contributed by atoms with Gasteiger partial charge < -0.3 is 4.74 Å². The van der Waals surface area contributed by atoms with Gasteiger partial charge in [-0.15, -0.1) is 0 Å². The van der Waals surface area contributed by atoms with E-state index in [4.69, 9.17) is 9.57 Å². The van der Waals surface area contributed by atoms with Crippen LogP contribution >= 0.6 is 0 Å². The zero-order valence-electron chi connectivity index (χ0n) is 9.66. The molecule has 16 heavy (non-hydrogen) atoms. The molecule has 1 N–H and O–H groups in total. The normalized spacial score (nSPS) is 9.88. The van der Waals surface area contributed by atoms with Gasteiger partial charge in [0.2, 0.25) is 5.91 Å². The first-order chi connectivity index (χ1) is 7.76. The summed E-state index contributed by atoms with van der Waals surface area (Å²) in [5.74, 6) is 0.669. The highest BCUT2D eigenvalue weighted by Crippen LogP contribution is 2.12. The molecule has 0 saturated carbocycles. The third kappa shape index (κ3) is 4.31. The molecule has 0 spiro atoms. The number of ether oxygens (including phenoxy) is 1. The summed E-state index contributed by atoms with van der Waals surface area (Å²) < 4.78 is 5.31. The van der Waals surface area contributed by atoms with E-state index in [2.05, 4.69) is 5.48 Å². The highest BCUT2D eigenvalue weighted by Gasteiger charge is 2.02. The fraction of sp³-hybridized carbons (Fsp3) is 0.417. The minimum atomic E-state index is -0.147. The van der Waals surface area contributed by atoms with E-state index >= 15 is 0 Å². The minimum Gasteiger partial charge on any atom is -0.494 e. The van der Waals surface area contributed by atoms with Gasteiger partial charge in [-0.05, 0) is 31.5 Å². The Balaban J connectivity index is 2.45. The molecule has 0 radical (unpaired) electrons. The van der Waals surface area contributed by atoms with Crippen LogP contribution < -0.4 is 10.2 Å². The van der Waals surface area contributed by atoms with Gasteiger partial charge in [0.05, 0.1) is 19.6 Å². The Kier molecular flexibility index (Phi) is 5.36.